The summed E-state index contributed by atoms with van der Waals surface area (Å²) in [6.07, 6.45) is -1.66. The minimum Gasteiger partial charge on any atom is -0.303 e. The molecule has 53 valence electrons. The Morgan fingerprint density at radius 1 is 1.67 bits per heavy atom. The summed E-state index contributed by atoms with van der Waals surface area (Å²) in [5, 5.41) is 10.6. The molecule has 0 saturated carbocycles. The van der Waals surface area contributed by atoms with Crippen LogP contribution in [0.1, 0.15) is 6.42 Å². The fourth-order valence-corrected chi connectivity index (χ4v) is 1.04. The maximum atomic E-state index is 12.5. The predicted molar refractivity (Wildman–Crippen MR) is 31.5 cm³/mol. The molecule has 1 rings (SSSR count). The first-order valence-electron chi connectivity index (χ1n) is 3.18. The maximum Gasteiger partial charge on any atom is 0.142 e. The van der Waals surface area contributed by atoms with E-state index in [4.69, 9.17) is 0 Å². The Bertz CT molecular complexity index is 99.1. The second-order valence-electron chi connectivity index (χ2n) is 2.61. The van der Waals surface area contributed by atoms with Crippen molar-refractivity contribution in [1.29, 1.82) is 0 Å². The lowest BCUT2D eigenvalue weighted by Gasteiger charge is -2.27. The van der Waals surface area contributed by atoms with Crippen LogP contribution in [0.2, 0.25) is 0 Å². The molecule has 9 heavy (non-hydrogen) atoms. The number of alkyl halides is 1. The van der Waals surface area contributed by atoms with Crippen molar-refractivity contribution in [2.24, 2.45) is 0 Å². The highest BCUT2D eigenvalue weighted by atomic mass is 19.1. The van der Waals surface area contributed by atoms with E-state index in [-0.39, 0.29) is 0 Å². The van der Waals surface area contributed by atoms with Crippen molar-refractivity contribution < 1.29 is 9.50 Å². The van der Waals surface area contributed by atoms with E-state index in [0.29, 0.717) is 13.0 Å². The van der Waals surface area contributed by atoms with Gasteiger partial charge in [-0.05, 0) is 13.5 Å². The van der Waals surface area contributed by atoms with Crippen molar-refractivity contribution in [3.8, 4) is 0 Å². The number of rotatable bonds is 0. The van der Waals surface area contributed by atoms with Gasteiger partial charge >= 0.3 is 0 Å². The van der Waals surface area contributed by atoms with Crippen LogP contribution in [0.25, 0.3) is 0 Å². The number of likely N-dealkylation sites (tertiary alicyclic amines) is 1. The van der Waals surface area contributed by atoms with E-state index in [0.717, 1.165) is 6.54 Å². The van der Waals surface area contributed by atoms with Gasteiger partial charge in [0.25, 0.3) is 0 Å². The van der Waals surface area contributed by atoms with Crippen LogP contribution < -0.4 is 0 Å². The van der Waals surface area contributed by atoms with E-state index in [1.165, 1.54) is 0 Å². The molecule has 2 nitrogen and oxygen atoms in total. The second-order valence-corrected chi connectivity index (χ2v) is 2.61. The summed E-state index contributed by atoms with van der Waals surface area (Å²) in [6.45, 7) is 1.06. The highest BCUT2D eigenvalue weighted by Gasteiger charge is 2.26. The lowest BCUT2D eigenvalue weighted by molar-refractivity contribution is -0.0292. The SMILES string of the molecule is CN1CCC([O])C(F)C1. The van der Waals surface area contributed by atoms with Gasteiger partial charge in [0.1, 0.15) is 12.3 Å². The molecule has 0 N–H and O–H groups in total. The van der Waals surface area contributed by atoms with Gasteiger partial charge in [-0.1, -0.05) is 0 Å². The first-order chi connectivity index (χ1) is 4.20. The third-order valence-corrected chi connectivity index (χ3v) is 1.68. The summed E-state index contributed by atoms with van der Waals surface area (Å²) < 4.78 is 12.5. The Balaban J connectivity index is 2.35. The minimum atomic E-state index is -1.15. The minimum absolute atomic E-state index is 0.314. The molecule has 3 heteroatoms. The van der Waals surface area contributed by atoms with Gasteiger partial charge in [0.15, 0.2) is 0 Å². The lowest BCUT2D eigenvalue weighted by atomic mass is 10.1. The summed E-state index contributed by atoms with van der Waals surface area (Å²) in [4.78, 5) is 1.85. The molecule has 0 aliphatic carbocycles. The summed E-state index contributed by atoms with van der Waals surface area (Å²) in [5.74, 6) is 0. The monoisotopic (exact) mass is 132 g/mol. The third kappa shape index (κ3) is 1.63. The molecule has 2 atom stereocenters. The number of hydrogen-bond donors (Lipinski definition) is 0. The molecule has 0 aromatic heterocycles. The van der Waals surface area contributed by atoms with Crippen molar-refractivity contribution >= 4 is 0 Å². The van der Waals surface area contributed by atoms with E-state index in [2.05, 4.69) is 0 Å². The first kappa shape index (κ1) is 6.96. The molecular formula is C6H11FNO. The van der Waals surface area contributed by atoms with E-state index in [1.54, 1.807) is 0 Å². The van der Waals surface area contributed by atoms with Gasteiger partial charge in [-0.3, -0.25) is 0 Å². The zero-order chi connectivity index (χ0) is 6.85. The van der Waals surface area contributed by atoms with Gasteiger partial charge in [0, 0.05) is 13.1 Å². The predicted octanol–water partition coefficient (Wildman–Crippen LogP) is 0.459. The fourth-order valence-electron chi connectivity index (χ4n) is 1.04. The van der Waals surface area contributed by atoms with Crippen molar-refractivity contribution in [2.75, 3.05) is 20.1 Å². The standard InChI is InChI=1S/C6H11FNO/c1-8-3-2-6(9)5(7)4-8/h5-6H,2-4H2,1H3. The van der Waals surface area contributed by atoms with Crippen LogP contribution in [0.15, 0.2) is 0 Å². The van der Waals surface area contributed by atoms with Crippen LogP contribution in [-0.4, -0.2) is 37.3 Å². The molecule has 1 saturated heterocycles. The summed E-state index contributed by atoms with van der Waals surface area (Å²) in [7, 11) is 1.83. The molecule has 1 radical (unpaired) electrons. The Morgan fingerprint density at radius 3 is 2.78 bits per heavy atom. The van der Waals surface area contributed by atoms with E-state index in [1.807, 2.05) is 11.9 Å². The normalized spacial score (nSPS) is 39.0. The maximum absolute atomic E-state index is 12.5. The number of hydrogen-bond acceptors (Lipinski definition) is 1. The fraction of sp³-hybridized carbons (Fsp3) is 1.00. The van der Waals surface area contributed by atoms with Gasteiger partial charge in [0.05, 0.1) is 0 Å². The smallest absolute Gasteiger partial charge is 0.142 e. The molecule has 0 aromatic rings. The molecule has 0 aromatic carbocycles. The quantitative estimate of drug-likeness (QED) is 0.469. The van der Waals surface area contributed by atoms with Crippen molar-refractivity contribution in [3.63, 3.8) is 0 Å². The summed E-state index contributed by atoms with van der Waals surface area (Å²) in [6, 6.07) is 0. The van der Waals surface area contributed by atoms with Gasteiger partial charge < -0.3 is 4.90 Å². The van der Waals surface area contributed by atoms with Crippen LogP contribution in [0.3, 0.4) is 0 Å². The van der Waals surface area contributed by atoms with Crippen LogP contribution in [0.4, 0.5) is 4.39 Å². The zero-order valence-electron chi connectivity index (χ0n) is 5.51. The van der Waals surface area contributed by atoms with Crippen molar-refractivity contribution in [3.05, 3.63) is 0 Å². The van der Waals surface area contributed by atoms with Crippen LogP contribution in [0, 0.1) is 0 Å². The average Bonchev–Trinajstić information content (AvgIpc) is 1.80. The molecule has 0 amide bonds. The molecule has 0 spiro atoms. The topological polar surface area (TPSA) is 23.1 Å². The van der Waals surface area contributed by atoms with E-state index in [9.17, 15) is 9.50 Å². The molecule has 2 unspecified atom stereocenters. The Hall–Kier alpha value is -0.150. The number of halogens is 1. The van der Waals surface area contributed by atoms with Crippen LogP contribution in [0.5, 0.6) is 0 Å². The summed E-state index contributed by atoms with van der Waals surface area (Å²) in [5.41, 5.74) is 0. The number of piperidine rings is 1. The molecule has 1 aliphatic rings. The van der Waals surface area contributed by atoms with E-state index >= 15 is 0 Å². The van der Waals surface area contributed by atoms with Gasteiger partial charge in [0.2, 0.25) is 0 Å². The van der Waals surface area contributed by atoms with E-state index < -0.39 is 12.3 Å². The zero-order valence-corrected chi connectivity index (χ0v) is 5.51. The lowest BCUT2D eigenvalue weighted by Crippen LogP contribution is -2.41. The third-order valence-electron chi connectivity index (χ3n) is 1.68. The van der Waals surface area contributed by atoms with Gasteiger partial charge in [-0.15, -0.1) is 0 Å². The van der Waals surface area contributed by atoms with Gasteiger partial charge in [-0.25, -0.2) is 9.50 Å². The van der Waals surface area contributed by atoms with Crippen LogP contribution in [-0.2, 0) is 5.11 Å². The average molecular weight is 132 g/mol. The highest BCUT2D eigenvalue weighted by molar-refractivity contribution is 4.77. The Morgan fingerprint density at radius 2 is 2.33 bits per heavy atom. The molecule has 1 fully saturated rings. The first-order valence-corrected chi connectivity index (χ1v) is 3.18. The van der Waals surface area contributed by atoms with Crippen LogP contribution >= 0.6 is 0 Å². The molecule has 0 bridgehead atoms. The van der Waals surface area contributed by atoms with Crippen molar-refractivity contribution in [1.82, 2.24) is 4.90 Å². The molecule has 1 aliphatic heterocycles. The number of nitrogens with zero attached hydrogens (tertiary/aromatic N) is 1. The van der Waals surface area contributed by atoms with Gasteiger partial charge in [-0.2, -0.15) is 0 Å². The Labute approximate surface area is 54.3 Å². The second kappa shape index (κ2) is 2.62. The Kier molecular flexibility index (Phi) is 2.03. The summed E-state index contributed by atoms with van der Waals surface area (Å²) >= 11 is 0. The molecule has 1 heterocycles. The highest BCUT2D eigenvalue weighted by Crippen LogP contribution is 2.11. The largest absolute Gasteiger partial charge is 0.303 e. The molecular weight excluding hydrogens is 121 g/mol. The van der Waals surface area contributed by atoms with Crippen molar-refractivity contribution in [2.45, 2.75) is 18.7 Å².